The molecule has 0 aliphatic carbocycles. The van der Waals surface area contributed by atoms with E-state index in [2.05, 4.69) is 24.1 Å². The van der Waals surface area contributed by atoms with Crippen molar-refractivity contribution in [2.75, 3.05) is 0 Å². The van der Waals surface area contributed by atoms with Gasteiger partial charge in [0.05, 0.1) is 6.54 Å². The molecule has 18 heavy (non-hydrogen) atoms. The average Bonchev–Trinajstić information content (AvgIpc) is 2.80. The zero-order valence-corrected chi connectivity index (χ0v) is 11.2. The number of unbranched alkanes of at least 4 members (excludes halogenated alkanes) is 3. The first-order valence-electron chi connectivity index (χ1n) is 6.68. The van der Waals surface area contributed by atoms with Gasteiger partial charge in [-0.05, 0) is 13.3 Å². The van der Waals surface area contributed by atoms with Crippen molar-refractivity contribution in [2.45, 2.75) is 65.1 Å². The summed E-state index contributed by atoms with van der Waals surface area (Å²) in [6, 6.07) is 0.338. The quantitative estimate of drug-likeness (QED) is 0.685. The summed E-state index contributed by atoms with van der Waals surface area (Å²) in [5.41, 5.74) is 0. The fraction of sp³-hybridized carbons (Fsp3) is 0.769. The van der Waals surface area contributed by atoms with Crippen LogP contribution in [-0.4, -0.2) is 15.6 Å². The van der Waals surface area contributed by atoms with Gasteiger partial charge in [0.15, 0.2) is 0 Å². The maximum Gasteiger partial charge on any atom is 0.319 e. The highest BCUT2D eigenvalue weighted by atomic mass is 19.3. The van der Waals surface area contributed by atoms with Crippen molar-refractivity contribution in [1.82, 2.24) is 14.9 Å². The van der Waals surface area contributed by atoms with Crippen LogP contribution < -0.4 is 5.32 Å². The molecule has 0 aromatic carbocycles. The molecule has 0 bridgehead atoms. The van der Waals surface area contributed by atoms with E-state index in [1.807, 2.05) is 0 Å². The standard InChI is InChI=1S/C13H23F2N3/c1-3-4-5-6-7-11(2)17-10-12-16-8-9-18(12)13(14)15/h8-9,11,13,17H,3-7,10H2,1-2H3. The first kappa shape index (κ1) is 15.1. The first-order valence-corrected chi connectivity index (χ1v) is 6.68. The molecule has 3 nitrogen and oxygen atoms in total. The Kier molecular flexibility index (Phi) is 6.86. The van der Waals surface area contributed by atoms with Gasteiger partial charge in [-0.15, -0.1) is 0 Å². The summed E-state index contributed by atoms with van der Waals surface area (Å²) < 4.78 is 26.0. The molecule has 0 aliphatic rings. The number of rotatable bonds is 9. The Morgan fingerprint density at radius 3 is 2.78 bits per heavy atom. The maximum atomic E-state index is 12.6. The van der Waals surface area contributed by atoms with Crippen molar-refractivity contribution in [3.8, 4) is 0 Å². The molecule has 1 heterocycles. The molecular formula is C13H23F2N3. The lowest BCUT2D eigenvalue weighted by Crippen LogP contribution is -2.27. The van der Waals surface area contributed by atoms with Gasteiger partial charge in [0, 0.05) is 18.4 Å². The molecule has 0 fully saturated rings. The molecule has 1 N–H and O–H groups in total. The van der Waals surface area contributed by atoms with Crippen LogP contribution in [0.5, 0.6) is 0 Å². The Hall–Kier alpha value is -0.970. The maximum absolute atomic E-state index is 12.6. The van der Waals surface area contributed by atoms with Crippen molar-refractivity contribution < 1.29 is 8.78 Å². The van der Waals surface area contributed by atoms with E-state index in [-0.39, 0.29) is 0 Å². The minimum Gasteiger partial charge on any atom is -0.307 e. The van der Waals surface area contributed by atoms with Crippen molar-refractivity contribution >= 4 is 0 Å². The largest absolute Gasteiger partial charge is 0.319 e. The highest BCUT2D eigenvalue weighted by Gasteiger charge is 2.11. The van der Waals surface area contributed by atoms with Gasteiger partial charge in [0.25, 0.3) is 0 Å². The van der Waals surface area contributed by atoms with Gasteiger partial charge < -0.3 is 5.32 Å². The smallest absolute Gasteiger partial charge is 0.307 e. The molecule has 0 radical (unpaired) electrons. The second kappa shape index (κ2) is 8.19. The van der Waals surface area contributed by atoms with Crippen LogP contribution >= 0.6 is 0 Å². The minimum absolute atomic E-state index is 0.338. The minimum atomic E-state index is -2.51. The molecule has 1 aromatic heterocycles. The summed E-state index contributed by atoms with van der Waals surface area (Å²) in [4.78, 5) is 3.94. The summed E-state index contributed by atoms with van der Waals surface area (Å²) in [5, 5.41) is 3.24. The number of nitrogens with one attached hydrogen (secondary N) is 1. The van der Waals surface area contributed by atoms with E-state index >= 15 is 0 Å². The van der Waals surface area contributed by atoms with Gasteiger partial charge in [-0.1, -0.05) is 32.6 Å². The topological polar surface area (TPSA) is 29.9 Å². The van der Waals surface area contributed by atoms with Crippen molar-refractivity contribution in [1.29, 1.82) is 0 Å². The zero-order valence-electron chi connectivity index (χ0n) is 11.2. The molecule has 0 saturated carbocycles. The van der Waals surface area contributed by atoms with E-state index in [9.17, 15) is 8.78 Å². The van der Waals surface area contributed by atoms with E-state index in [1.165, 1.54) is 38.1 Å². The van der Waals surface area contributed by atoms with E-state index in [0.29, 0.717) is 18.4 Å². The summed E-state index contributed by atoms with van der Waals surface area (Å²) >= 11 is 0. The zero-order chi connectivity index (χ0) is 13.4. The van der Waals surface area contributed by atoms with Gasteiger partial charge in [-0.2, -0.15) is 8.78 Å². The lowest BCUT2D eigenvalue weighted by Gasteiger charge is -2.14. The average molecular weight is 259 g/mol. The molecule has 0 saturated heterocycles. The van der Waals surface area contributed by atoms with Gasteiger partial charge >= 0.3 is 6.55 Å². The van der Waals surface area contributed by atoms with Crippen LogP contribution in [0.15, 0.2) is 12.4 Å². The van der Waals surface area contributed by atoms with Gasteiger partial charge in [0.2, 0.25) is 0 Å². The lowest BCUT2D eigenvalue weighted by molar-refractivity contribution is 0.0665. The summed E-state index contributed by atoms with van der Waals surface area (Å²) in [5.74, 6) is 0.394. The second-order valence-electron chi connectivity index (χ2n) is 4.66. The number of hydrogen-bond acceptors (Lipinski definition) is 2. The van der Waals surface area contributed by atoms with Crippen LogP contribution in [0.4, 0.5) is 8.78 Å². The van der Waals surface area contributed by atoms with E-state index in [0.717, 1.165) is 11.0 Å². The van der Waals surface area contributed by atoms with Gasteiger partial charge in [-0.3, -0.25) is 4.57 Å². The van der Waals surface area contributed by atoms with Crippen molar-refractivity contribution in [3.63, 3.8) is 0 Å². The third kappa shape index (κ3) is 5.12. The number of aromatic nitrogens is 2. The monoisotopic (exact) mass is 259 g/mol. The number of halogens is 2. The highest BCUT2D eigenvalue weighted by Crippen LogP contribution is 2.12. The Morgan fingerprint density at radius 2 is 2.11 bits per heavy atom. The van der Waals surface area contributed by atoms with E-state index in [4.69, 9.17) is 0 Å². The predicted molar refractivity (Wildman–Crippen MR) is 68.5 cm³/mol. The van der Waals surface area contributed by atoms with Crippen molar-refractivity contribution in [3.05, 3.63) is 18.2 Å². The van der Waals surface area contributed by atoms with E-state index < -0.39 is 6.55 Å². The molecule has 1 rings (SSSR count). The normalized spacial score (nSPS) is 13.2. The molecule has 0 aliphatic heterocycles. The van der Waals surface area contributed by atoms with Crippen LogP contribution in [0.2, 0.25) is 0 Å². The highest BCUT2D eigenvalue weighted by molar-refractivity contribution is 4.92. The fourth-order valence-electron chi connectivity index (χ4n) is 1.90. The fourth-order valence-corrected chi connectivity index (χ4v) is 1.90. The van der Waals surface area contributed by atoms with Gasteiger partial charge in [0.1, 0.15) is 5.82 Å². The molecule has 5 heteroatoms. The molecule has 0 spiro atoms. The molecule has 1 atom stereocenters. The molecule has 104 valence electrons. The first-order chi connectivity index (χ1) is 8.65. The Morgan fingerprint density at radius 1 is 1.33 bits per heavy atom. The Balaban J connectivity index is 2.25. The molecule has 1 unspecified atom stereocenters. The lowest BCUT2D eigenvalue weighted by atomic mass is 10.1. The Bertz CT molecular complexity index is 326. The summed E-state index contributed by atoms with van der Waals surface area (Å²) in [7, 11) is 0. The number of alkyl halides is 2. The second-order valence-corrected chi connectivity index (χ2v) is 4.66. The number of imidazole rings is 1. The molecular weight excluding hydrogens is 236 g/mol. The van der Waals surface area contributed by atoms with Crippen LogP contribution in [0.3, 0.4) is 0 Å². The number of hydrogen-bond donors (Lipinski definition) is 1. The number of nitrogens with zero attached hydrogens (tertiary/aromatic N) is 2. The van der Waals surface area contributed by atoms with Gasteiger partial charge in [-0.25, -0.2) is 4.98 Å². The third-order valence-corrected chi connectivity index (χ3v) is 3.06. The van der Waals surface area contributed by atoms with Crippen LogP contribution in [0.1, 0.15) is 58.3 Å². The molecule has 0 amide bonds. The predicted octanol–water partition coefficient (Wildman–Crippen LogP) is 3.73. The SMILES string of the molecule is CCCCCCC(C)NCc1nccn1C(F)F. The van der Waals surface area contributed by atoms with Crippen LogP contribution in [-0.2, 0) is 6.54 Å². The van der Waals surface area contributed by atoms with Crippen molar-refractivity contribution in [2.24, 2.45) is 0 Å². The molecule has 1 aromatic rings. The van der Waals surface area contributed by atoms with E-state index in [1.54, 1.807) is 0 Å². The van der Waals surface area contributed by atoms with Crippen LogP contribution in [0, 0.1) is 0 Å². The summed E-state index contributed by atoms with van der Waals surface area (Å²) in [6.45, 7) is 2.16. The third-order valence-electron chi connectivity index (χ3n) is 3.06. The Labute approximate surface area is 108 Å². The van der Waals surface area contributed by atoms with Crippen LogP contribution in [0.25, 0.3) is 0 Å². The summed E-state index contributed by atoms with van der Waals surface area (Å²) in [6.07, 6.45) is 8.73.